The molecule has 0 radical (unpaired) electrons. The number of hydrogen-bond acceptors (Lipinski definition) is 11. The third-order valence-electron chi connectivity index (χ3n) is 9.37. The lowest BCUT2D eigenvalue weighted by atomic mass is 9.58. The number of phenols is 1. The Morgan fingerprint density at radius 2 is 1.58 bits per heavy atom. The zero-order valence-corrected chi connectivity index (χ0v) is 28.3. The van der Waals surface area contributed by atoms with Crippen molar-refractivity contribution in [3.05, 3.63) is 74.0 Å². The number of phenolic OH excluding ortho intramolecular Hbond substituents is 1. The van der Waals surface area contributed by atoms with Crippen molar-refractivity contribution in [3.63, 3.8) is 0 Å². The van der Waals surface area contributed by atoms with Gasteiger partial charge in [-0.2, -0.15) is 26.3 Å². The lowest BCUT2D eigenvalue weighted by Crippen LogP contribution is -2.62. The number of nitroso groups, excluding NO2 is 1. The molecule has 0 unspecified atom stereocenters. The Hall–Kier alpha value is -5.08. The van der Waals surface area contributed by atoms with E-state index in [0.29, 0.717) is 12.1 Å². The second-order valence-corrected chi connectivity index (χ2v) is 13.4. The number of thiocarbonyl (C=S) groups is 1. The summed E-state index contributed by atoms with van der Waals surface area (Å²) in [5, 5.41) is 41.6. The maximum atomic E-state index is 14.3. The average molecular weight is 757 g/mol. The molecule has 2 aromatic rings. The van der Waals surface area contributed by atoms with Gasteiger partial charge < -0.3 is 36.6 Å². The van der Waals surface area contributed by atoms with E-state index in [1.807, 2.05) is 0 Å². The standard InChI is InChI=1S/C32H30F6N6O7S/c1-43(2)18-10-17(41-29(52)40-14-8-12(31(33,34)35)7-13(9-14)32(36,37)38)23(45)20-15(18)5-11-6-16-22(44(3)4)25(47)21(28(39)49)27(48)30(16,50)26(42-51)19(11)24(20)46/h7-11,16,22,45,48,50H,5-6H2,1-4H3,(H2,39,49)(H2,40,41,52)/t11-,16-,22-,30-/m0/s1. The van der Waals surface area contributed by atoms with Crippen molar-refractivity contribution in [1.29, 1.82) is 0 Å². The first kappa shape index (κ1) is 38.2. The molecule has 3 aliphatic carbocycles. The van der Waals surface area contributed by atoms with Gasteiger partial charge in [-0.1, -0.05) is 0 Å². The number of aromatic hydroxyl groups is 1. The monoisotopic (exact) mass is 756 g/mol. The summed E-state index contributed by atoms with van der Waals surface area (Å²) in [5.41, 5.74) is -4.01. The SMILES string of the molecule is CN(C)c1cc(NC(=S)Nc2cc(C(F)(F)F)cc(C(F)(F)F)c2)c(O)c2c1C[C@H]1C[C@H]3[C@H](N(C)C)C(=O)C(C(N)=O)=C(O)[C@@]3(O)C(N=O)=C1C2=O. The van der Waals surface area contributed by atoms with Crippen molar-refractivity contribution in [2.45, 2.75) is 36.8 Å². The molecule has 13 nitrogen and oxygen atoms in total. The van der Waals surface area contributed by atoms with Crippen LogP contribution in [0, 0.1) is 16.7 Å². The van der Waals surface area contributed by atoms with E-state index in [1.165, 1.54) is 30.0 Å². The van der Waals surface area contributed by atoms with Crippen molar-refractivity contribution >= 4 is 51.9 Å². The molecule has 0 saturated carbocycles. The number of nitrogens with one attached hydrogen (secondary N) is 2. The topological polar surface area (TPSA) is 198 Å². The maximum Gasteiger partial charge on any atom is 0.416 e. The molecular formula is C32H30F6N6O7S. The molecule has 2 aromatic carbocycles. The second kappa shape index (κ2) is 12.8. The van der Waals surface area contributed by atoms with Crippen LogP contribution in [0.3, 0.4) is 0 Å². The highest BCUT2D eigenvalue weighted by atomic mass is 32.1. The summed E-state index contributed by atoms with van der Waals surface area (Å²) in [4.78, 5) is 55.4. The highest BCUT2D eigenvalue weighted by Crippen LogP contribution is 2.55. The number of aliphatic hydroxyl groups is 2. The van der Waals surface area contributed by atoms with E-state index in [4.69, 9.17) is 18.0 Å². The van der Waals surface area contributed by atoms with Gasteiger partial charge in [-0.15, -0.1) is 4.91 Å². The van der Waals surface area contributed by atoms with E-state index in [0.717, 1.165) is 0 Å². The van der Waals surface area contributed by atoms with Crippen LogP contribution in [-0.4, -0.2) is 82.6 Å². The number of benzene rings is 2. The number of allylic oxidation sites excluding steroid dienone is 1. The highest BCUT2D eigenvalue weighted by Gasteiger charge is 2.63. The minimum atomic E-state index is -5.15. The molecule has 3 aliphatic rings. The van der Waals surface area contributed by atoms with Gasteiger partial charge in [-0.3, -0.25) is 19.3 Å². The molecule has 0 aliphatic heterocycles. The van der Waals surface area contributed by atoms with E-state index >= 15 is 0 Å². The van der Waals surface area contributed by atoms with Gasteiger partial charge in [0.05, 0.1) is 28.4 Å². The molecular weight excluding hydrogens is 726 g/mol. The molecule has 5 rings (SSSR count). The van der Waals surface area contributed by atoms with Gasteiger partial charge >= 0.3 is 12.4 Å². The molecule has 0 bridgehead atoms. The van der Waals surface area contributed by atoms with Gasteiger partial charge in [0, 0.05) is 37.0 Å². The number of hydrogen-bond donors (Lipinski definition) is 6. The number of amides is 1. The Morgan fingerprint density at radius 3 is 2.06 bits per heavy atom. The lowest BCUT2D eigenvalue weighted by Gasteiger charge is -2.50. The van der Waals surface area contributed by atoms with E-state index in [2.05, 4.69) is 15.8 Å². The number of alkyl halides is 6. The molecule has 0 heterocycles. The van der Waals surface area contributed by atoms with Gasteiger partial charge in [-0.05, 0) is 80.1 Å². The van der Waals surface area contributed by atoms with Gasteiger partial charge in [0.15, 0.2) is 28.0 Å². The zero-order chi connectivity index (χ0) is 39.0. The van der Waals surface area contributed by atoms with Crippen molar-refractivity contribution in [2.75, 3.05) is 43.7 Å². The summed E-state index contributed by atoms with van der Waals surface area (Å²) in [6, 6.07) is 0.717. The molecule has 0 aromatic heterocycles. The lowest BCUT2D eigenvalue weighted by molar-refractivity contribution is -0.143. The van der Waals surface area contributed by atoms with Gasteiger partial charge in [0.25, 0.3) is 5.91 Å². The number of rotatable bonds is 6. The first-order chi connectivity index (χ1) is 23.9. The van der Waals surface area contributed by atoms with Crippen LogP contribution < -0.4 is 21.3 Å². The Morgan fingerprint density at radius 1 is 1.00 bits per heavy atom. The van der Waals surface area contributed by atoms with Crippen molar-refractivity contribution < 1.29 is 56.0 Å². The van der Waals surface area contributed by atoms with Crippen LogP contribution in [0.1, 0.15) is 33.5 Å². The summed E-state index contributed by atoms with van der Waals surface area (Å²) < 4.78 is 80.5. The summed E-state index contributed by atoms with van der Waals surface area (Å²) in [7, 11) is 6.05. The Kier molecular flexibility index (Phi) is 9.43. The molecule has 7 N–H and O–H groups in total. The Balaban J connectivity index is 1.63. The van der Waals surface area contributed by atoms with Crippen molar-refractivity contribution in [2.24, 2.45) is 22.7 Å². The van der Waals surface area contributed by atoms with E-state index < -0.39 is 109 Å². The number of halogens is 6. The van der Waals surface area contributed by atoms with E-state index in [9.17, 15) is 61.0 Å². The fourth-order valence-corrected chi connectivity index (χ4v) is 7.45. The predicted molar refractivity (Wildman–Crippen MR) is 177 cm³/mol. The third-order valence-corrected chi connectivity index (χ3v) is 9.57. The van der Waals surface area contributed by atoms with Crippen molar-refractivity contribution in [1.82, 2.24) is 4.90 Å². The maximum absolute atomic E-state index is 14.3. The second-order valence-electron chi connectivity index (χ2n) is 13.0. The number of aliphatic hydroxyl groups excluding tert-OH is 1. The van der Waals surface area contributed by atoms with E-state index in [-0.39, 0.29) is 35.8 Å². The van der Waals surface area contributed by atoms with Crippen LogP contribution in [0.15, 0.2) is 52.0 Å². The van der Waals surface area contributed by atoms with Crippen molar-refractivity contribution in [3.8, 4) is 5.75 Å². The Bertz CT molecular complexity index is 1980. The molecule has 278 valence electrons. The Labute approximate surface area is 295 Å². The molecule has 0 fully saturated rings. The normalized spacial score (nSPS) is 23.2. The first-order valence-electron chi connectivity index (χ1n) is 15.2. The number of ketones is 2. The number of carbonyl (C=O) groups excluding carboxylic acids is 3. The summed E-state index contributed by atoms with van der Waals surface area (Å²) in [6.07, 6.45) is -10.6. The quantitative estimate of drug-likeness (QED) is 0.0808. The fourth-order valence-electron chi connectivity index (χ4n) is 7.22. The van der Waals surface area contributed by atoms with Crippen LogP contribution in [-0.2, 0) is 28.4 Å². The predicted octanol–water partition coefficient (Wildman–Crippen LogP) is 4.24. The van der Waals surface area contributed by atoms with Crippen LogP contribution in [0.4, 0.5) is 43.4 Å². The number of nitrogens with zero attached hydrogens (tertiary/aromatic N) is 3. The van der Waals surface area contributed by atoms with Crippen LogP contribution in [0.2, 0.25) is 0 Å². The summed E-state index contributed by atoms with van der Waals surface area (Å²) in [5.74, 6) is -7.67. The highest BCUT2D eigenvalue weighted by molar-refractivity contribution is 7.80. The summed E-state index contributed by atoms with van der Waals surface area (Å²) >= 11 is 5.14. The number of nitrogens with two attached hydrogens (primary N) is 1. The van der Waals surface area contributed by atoms with E-state index in [1.54, 1.807) is 14.1 Å². The number of anilines is 3. The average Bonchev–Trinajstić information content (AvgIpc) is 3.01. The van der Waals surface area contributed by atoms with Gasteiger partial charge in [-0.25, -0.2) is 0 Å². The minimum Gasteiger partial charge on any atom is -0.508 e. The molecule has 0 saturated heterocycles. The largest absolute Gasteiger partial charge is 0.508 e. The van der Waals surface area contributed by atoms with Crippen LogP contribution >= 0.6 is 12.2 Å². The minimum absolute atomic E-state index is 0.0730. The number of primary amides is 1. The molecule has 4 atom stereocenters. The summed E-state index contributed by atoms with van der Waals surface area (Å²) in [6.45, 7) is 0. The van der Waals surface area contributed by atoms with Gasteiger partial charge in [0.2, 0.25) is 0 Å². The van der Waals surface area contributed by atoms with Crippen LogP contribution in [0.25, 0.3) is 0 Å². The van der Waals surface area contributed by atoms with Crippen LogP contribution in [0.5, 0.6) is 5.75 Å². The number of Topliss-reactive ketones (excluding diaryl/α,β-unsaturated/α-hetero) is 2. The number of likely N-dealkylation sites (N-methyl/N-ethyl adjacent to an activating group) is 1. The number of carbonyl (C=O) groups is 3. The molecule has 0 spiro atoms. The zero-order valence-electron chi connectivity index (χ0n) is 27.5. The molecule has 1 amide bonds. The molecule has 20 heteroatoms. The fraction of sp³-hybridized carbons (Fsp3) is 0.375. The smallest absolute Gasteiger partial charge is 0.416 e. The van der Waals surface area contributed by atoms with Gasteiger partial charge in [0.1, 0.15) is 17.0 Å². The first-order valence-corrected chi connectivity index (χ1v) is 15.6. The third kappa shape index (κ3) is 6.13. The number of fused-ring (bicyclic) bond motifs is 3. The molecule has 52 heavy (non-hydrogen) atoms.